The molecule has 0 amide bonds. The minimum atomic E-state index is -4.52. The van der Waals surface area contributed by atoms with Gasteiger partial charge in [0.2, 0.25) is 0 Å². The number of aromatic nitrogens is 2. The highest BCUT2D eigenvalue weighted by Gasteiger charge is 2.44. The maximum atomic E-state index is 13.6. The first kappa shape index (κ1) is 19.9. The van der Waals surface area contributed by atoms with Gasteiger partial charge in [0.15, 0.2) is 11.4 Å². The number of fused-ring (bicyclic) bond motifs is 3. The summed E-state index contributed by atoms with van der Waals surface area (Å²) in [6.45, 7) is 0.941. The summed E-state index contributed by atoms with van der Waals surface area (Å²) in [7, 11) is 0. The van der Waals surface area contributed by atoms with Gasteiger partial charge in [-0.25, -0.2) is 9.78 Å². The Morgan fingerprint density at radius 1 is 1.19 bits per heavy atom. The highest BCUT2D eigenvalue weighted by molar-refractivity contribution is 6.33. The largest absolute Gasteiger partial charge is 0.478 e. The second kappa shape index (κ2) is 7.01. The third-order valence-corrected chi connectivity index (χ3v) is 6.16. The van der Waals surface area contributed by atoms with E-state index < -0.39 is 17.7 Å². The molecule has 2 aliphatic heterocycles. The summed E-state index contributed by atoms with van der Waals surface area (Å²) >= 11 is 6.27. The van der Waals surface area contributed by atoms with Crippen LogP contribution in [0.2, 0.25) is 5.02 Å². The molecule has 2 aromatic heterocycles. The second-order valence-electron chi connectivity index (χ2n) is 7.71. The zero-order chi connectivity index (χ0) is 21.9. The van der Waals surface area contributed by atoms with Crippen molar-refractivity contribution in [2.45, 2.75) is 31.1 Å². The third kappa shape index (κ3) is 3.25. The molecule has 2 saturated heterocycles. The maximum Gasteiger partial charge on any atom is 0.417 e. The van der Waals surface area contributed by atoms with Crippen molar-refractivity contribution in [2.24, 2.45) is 0 Å². The molecule has 1 N–H and O–H groups in total. The van der Waals surface area contributed by atoms with Gasteiger partial charge in [-0.15, -0.1) is 0 Å². The van der Waals surface area contributed by atoms with E-state index >= 15 is 0 Å². The van der Waals surface area contributed by atoms with Gasteiger partial charge in [-0.3, -0.25) is 0 Å². The molecule has 4 heterocycles. The van der Waals surface area contributed by atoms with Crippen molar-refractivity contribution in [3.8, 4) is 0 Å². The summed E-state index contributed by atoms with van der Waals surface area (Å²) in [6, 6.07) is 4.96. The summed E-state index contributed by atoms with van der Waals surface area (Å²) in [5, 5.41) is 13.3. The predicted octanol–water partition coefficient (Wildman–Crippen LogP) is 4.45. The molecule has 2 fully saturated rings. The molecule has 3 aromatic rings. The van der Waals surface area contributed by atoms with Crippen LogP contribution in [0.4, 0.5) is 24.8 Å². The lowest BCUT2D eigenvalue weighted by molar-refractivity contribution is -0.136. The molecule has 5 rings (SSSR count). The van der Waals surface area contributed by atoms with Gasteiger partial charge in [-0.2, -0.15) is 13.2 Å². The lowest BCUT2D eigenvalue weighted by Crippen LogP contribution is -2.54. The molecule has 0 saturated carbocycles. The van der Waals surface area contributed by atoms with Gasteiger partial charge in [0, 0.05) is 31.4 Å². The SMILES string of the molecule is O=C(O)c1cnc(N2CC3CC[C@@H](C2)N3c2noc3cccc(C(F)(F)F)c23)c(Cl)c1. The van der Waals surface area contributed by atoms with E-state index in [9.17, 15) is 18.0 Å². The summed E-state index contributed by atoms with van der Waals surface area (Å²) in [5.41, 5.74) is -0.679. The van der Waals surface area contributed by atoms with Crippen LogP contribution in [-0.2, 0) is 6.18 Å². The molecule has 2 bridgehead atoms. The van der Waals surface area contributed by atoms with Crippen LogP contribution in [0.3, 0.4) is 0 Å². The van der Waals surface area contributed by atoms with E-state index in [4.69, 9.17) is 21.2 Å². The number of carboxylic acids is 1. The molecule has 11 heteroatoms. The van der Waals surface area contributed by atoms with Crippen LogP contribution >= 0.6 is 11.6 Å². The minimum absolute atomic E-state index is 0.0101. The molecular formula is C20H16ClF3N4O3. The quantitative estimate of drug-likeness (QED) is 0.628. The Kier molecular flexibility index (Phi) is 4.51. The van der Waals surface area contributed by atoms with Crippen molar-refractivity contribution in [3.63, 3.8) is 0 Å². The van der Waals surface area contributed by atoms with Crippen molar-refractivity contribution < 1.29 is 27.6 Å². The van der Waals surface area contributed by atoms with Gasteiger partial charge in [-0.05, 0) is 31.0 Å². The molecule has 1 unspecified atom stereocenters. The number of pyridine rings is 1. The van der Waals surface area contributed by atoms with Crippen LogP contribution in [-0.4, -0.2) is 46.4 Å². The summed E-state index contributed by atoms with van der Waals surface area (Å²) in [5.74, 6) is -0.455. The van der Waals surface area contributed by atoms with E-state index in [0.29, 0.717) is 18.9 Å². The van der Waals surface area contributed by atoms with Gasteiger partial charge >= 0.3 is 12.1 Å². The van der Waals surface area contributed by atoms with E-state index in [1.807, 2.05) is 9.80 Å². The molecular weight excluding hydrogens is 437 g/mol. The first-order valence-corrected chi connectivity index (χ1v) is 9.99. The van der Waals surface area contributed by atoms with Gasteiger partial charge in [0.1, 0.15) is 5.82 Å². The number of benzene rings is 1. The average Bonchev–Trinajstić information content (AvgIpc) is 3.24. The van der Waals surface area contributed by atoms with E-state index in [2.05, 4.69) is 10.1 Å². The molecule has 31 heavy (non-hydrogen) atoms. The van der Waals surface area contributed by atoms with Crippen molar-refractivity contribution in [3.05, 3.63) is 46.6 Å². The lowest BCUT2D eigenvalue weighted by atomic mass is 10.1. The Morgan fingerprint density at radius 3 is 2.52 bits per heavy atom. The zero-order valence-corrected chi connectivity index (χ0v) is 16.7. The fourth-order valence-electron chi connectivity index (χ4n) is 4.59. The number of aromatic carboxylic acids is 1. The standard InChI is InChI=1S/C20H16ClF3N4O3/c21-14-6-10(19(29)30)7-25-17(14)27-8-11-4-5-12(9-27)28(11)18-16-13(20(22,23)24)2-1-3-15(16)31-26-18/h1-3,6-7,11-12H,4-5,8-9H2,(H,29,30)/t11-,12?/m0/s1. The third-order valence-electron chi connectivity index (χ3n) is 5.88. The lowest BCUT2D eigenvalue weighted by Gasteiger charge is -2.42. The normalized spacial score (nSPS) is 21.2. The van der Waals surface area contributed by atoms with Crippen LogP contribution < -0.4 is 9.80 Å². The van der Waals surface area contributed by atoms with E-state index in [0.717, 1.165) is 18.9 Å². The van der Waals surface area contributed by atoms with E-state index in [1.165, 1.54) is 24.4 Å². The fourth-order valence-corrected chi connectivity index (χ4v) is 4.88. The second-order valence-corrected chi connectivity index (χ2v) is 8.12. The number of halogens is 4. The first-order valence-electron chi connectivity index (χ1n) is 9.61. The first-order chi connectivity index (χ1) is 14.7. The predicted molar refractivity (Wildman–Crippen MR) is 107 cm³/mol. The van der Waals surface area contributed by atoms with Crippen LogP contribution in [0, 0.1) is 0 Å². The number of nitrogens with zero attached hydrogens (tertiary/aromatic N) is 4. The van der Waals surface area contributed by atoms with Gasteiger partial charge in [-0.1, -0.05) is 22.8 Å². The summed E-state index contributed by atoms with van der Waals surface area (Å²) in [4.78, 5) is 19.2. The molecule has 2 aliphatic rings. The van der Waals surface area contributed by atoms with Crippen molar-refractivity contribution in [2.75, 3.05) is 22.9 Å². The summed E-state index contributed by atoms with van der Waals surface area (Å²) < 4.78 is 46.1. The Hall–Kier alpha value is -3.01. The number of carbonyl (C=O) groups is 1. The number of anilines is 2. The number of hydrogen-bond donors (Lipinski definition) is 1. The Balaban J connectivity index is 1.49. The molecule has 162 valence electrons. The fraction of sp³-hybridized carbons (Fsp3) is 0.350. The van der Waals surface area contributed by atoms with Crippen molar-refractivity contribution >= 4 is 40.2 Å². The topological polar surface area (TPSA) is 82.7 Å². The van der Waals surface area contributed by atoms with Gasteiger partial charge in [0.05, 0.1) is 21.5 Å². The Bertz CT molecular complexity index is 1170. The molecule has 0 radical (unpaired) electrons. The number of rotatable bonds is 3. The Labute approximate surface area is 179 Å². The van der Waals surface area contributed by atoms with Crippen LogP contribution in [0.15, 0.2) is 35.0 Å². The highest BCUT2D eigenvalue weighted by atomic mass is 35.5. The smallest absolute Gasteiger partial charge is 0.417 e. The molecule has 2 atom stereocenters. The minimum Gasteiger partial charge on any atom is -0.478 e. The maximum absolute atomic E-state index is 13.6. The average molecular weight is 453 g/mol. The highest BCUT2D eigenvalue weighted by Crippen LogP contribution is 2.44. The molecule has 7 nitrogen and oxygen atoms in total. The van der Waals surface area contributed by atoms with Gasteiger partial charge in [0.25, 0.3) is 0 Å². The number of carboxylic acid groups (broad SMARTS) is 1. The van der Waals surface area contributed by atoms with Gasteiger partial charge < -0.3 is 19.4 Å². The number of piperazine rings is 1. The number of alkyl halides is 3. The van der Waals surface area contributed by atoms with Crippen LogP contribution in [0.25, 0.3) is 11.0 Å². The van der Waals surface area contributed by atoms with Crippen molar-refractivity contribution in [1.29, 1.82) is 0 Å². The molecule has 1 aromatic carbocycles. The van der Waals surface area contributed by atoms with Crippen LogP contribution in [0.5, 0.6) is 0 Å². The number of hydrogen-bond acceptors (Lipinski definition) is 6. The van der Waals surface area contributed by atoms with Crippen LogP contribution in [0.1, 0.15) is 28.8 Å². The Morgan fingerprint density at radius 2 is 1.90 bits per heavy atom. The molecule has 0 aliphatic carbocycles. The monoisotopic (exact) mass is 452 g/mol. The van der Waals surface area contributed by atoms with E-state index in [-0.39, 0.29) is 39.5 Å². The van der Waals surface area contributed by atoms with E-state index in [1.54, 1.807) is 0 Å². The molecule has 0 spiro atoms. The zero-order valence-electron chi connectivity index (χ0n) is 15.9. The summed E-state index contributed by atoms with van der Waals surface area (Å²) in [6.07, 6.45) is -1.73. The van der Waals surface area contributed by atoms with Crippen molar-refractivity contribution in [1.82, 2.24) is 10.1 Å².